The molecule has 0 radical (unpaired) electrons. The van der Waals surface area contributed by atoms with Crippen LogP contribution < -0.4 is 14.8 Å². The Morgan fingerprint density at radius 2 is 1.68 bits per heavy atom. The van der Waals surface area contributed by atoms with Crippen molar-refractivity contribution in [3.05, 3.63) is 23.8 Å². The van der Waals surface area contributed by atoms with Gasteiger partial charge in [-0.2, -0.15) is 0 Å². The number of carbonyl (C=O) groups excluding carboxylic acids is 1. The molecule has 1 amide bonds. The Kier molecular flexibility index (Phi) is 5.92. The number of methoxy groups -OCH3 is 2. The van der Waals surface area contributed by atoms with E-state index in [0.717, 1.165) is 18.4 Å². The Morgan fingerprint density at radius 1 is 1.09 bits per heavy atom. The fourth-order valence-corrected chi connectivity index (χ4v) is 2.74. The zero-order valence-electron chi connectivity index (χ0n) is 13.6. The molecular weight excluding hydrogens is 282 g/mol. The number of amides is 1. The molecule has 0 heterocycles. The smallest absolute Gasteiger partial charge is 0.407 e. The molecule has 1 fully saturated rings. The van der Waals surface area contributed by atoms with E-state index in [1.807, 2.05) is 19.1 Å². The van der Waals surface area contributed by atoms with Crippen LogP contribution in [0.3, 0.4) is 0 Å². The van der Waals surface area contributed by atoms with E-state index in [-0.39, 0.29) is 18.2 Å². The summed E-state index contributed by atoms with van der Waals surface area (Å²) in [6, 6.07) is 5.73. The molecular formula is C17H25NO4. The van der Waals surface area contributed by atoms with Gasteiger partial charge in [-0.1, -0.05) is 19.3 Å². The molecule has 1 saturated carbocycles. The highest BCUT2D eigenvalue weighted by atomic mass is 16.6. The fraction of sp³-hybridized carbons (Fsp3) is 0.588. The van der Waals surface area contributed by atoms with Crippen LogP contribution >= 0.6 is 0 Å². The van der Waals surface area contributed by atoms with Crippen molar-refractivity contribution in [1.82, 2.24) is 5.32 Å². The maximum absolute atomic E-state index is 12.0. The van der Waals surface area contributed by atoms with Crippen LogP contribution in [0.2, 0.25) is 0 Å². The molecule has 1 N–H and O–H groups in total. The molecule has 1 aromatic carbocycles. The SMILES string of the molecule is COc1cc(OC)cc(C(C)OC(=O)NC2CCCCC2)c1. The monoisotopic (exact) mass is 307 g/mol. The molecule has 0 aromatic heterocycles. The highest BCUT2D eigenvalue weighted by Crippen LogP contribution is 2.28. The second kappa shape index (κ2) is 7.92. The summed E-state index contributed by atoms with van der Waals surface area (Å²) in [5.74, 6) is 1.36. The number of rotatable bonds is 5. The molecule has 0 saturated heterocycles. The molecule has 0 aliphatic heterocycles. The normalized spacial score (nSPS) is 16.7. The van der Waals surface area contributed by atoms with Crippen LogP contribution in [0.15, 0.2) is 18.2 Å². The average molecular weight is 307 g/mol. The number of nitrogens with one attached hydrogen (secondary N) is 1. The van der Waals surface area contributed by atoms with Gasteiger partial charge in [-0.15, -0.1) is 0 Å². The number of benzene rings is 1. The standard InChI is InChI=1S/C17H25NO4/c1-12(13-9-15(20-2)11-16(10-13)21-3)22-17(19)18-14-7-5-4-6-8-14/h9-12,14H,4-8H2,1-3H3,(H,18,19). The lowest BCUT2D eigenvalue weighted by atomic mass is 9.96. The summed E-state index contributed by atoms with van der Waals surface area (Å²) in [4.78, 5) is 12.0. The van der Waals surface area contributed by atoms with E-state index >= 15 is 0 Å². The summed E-state index contributed by atoms with van der Waals surface area (Å²) in [5.41, 5.74) is 0.843. The first-order valence-corrected chi connectivity index (χ1v) is 7.82. The zero-order valence-corrected chi connectivity index (χ0v) is 13.6. The van der Waals surface area contributed by atoms with E-state index in [4.69, 9.17) is 14.2 Å². The lowest BCUT2D eigenvalue weighted by molar-refractivity contribution is 0.101. The minimum atomic E-state index is -0.368. The molecule has 1 atom stereocenters. The largest absolute Gasteiger partial charge is 0.497 e. The second-order valence-corrected chi connectivity index (χ2v) is 5.67. The zero-order chi connectivity index (χ0) is 15.9. The molecule has 2 rings (SSSR count). The number of hydrogen-bond acceptors (Lipinski definition) is 4. The van der Waals surface area contributed by atoms with Gasteiger partial charge in [0.2, 0.25) is 0 Å². The maximum atomic E-state index is 12.0. The third-order valence-electron chi connectivity index (χ3n) is 4.05. The first kappa shape index (κ1) is 16.5. The Labute approximate surface area is 131 Å². The summed E-state index contributed by atoms with van der Waals surface area (Å²) in [7, 11) is 3.19. The van der Waals surface area contributed by atoms with Crippen molar-refractivity contribution in [2.45, 2.75) is 51.2 Å². The van der Waals surface area contributed by atoms with Gasteiger partial charge >= 0.3 is 6.09 Å². The lowest BCUT2D eigenvalue weighted by Gasteiger charge is -2.23. The van der Waals surface area contributed by atoms with Crippen molar-refractivity contribution in [2.24, 2.45) is 0 Å². The van der Waals surface area contributed by atoms with Crippen molar-refractivity contribution in [3.63, 3.8) is 0 Å². The Hall–Kier alpha value is -1.91. The highest BCUT2D eigenvalue weighted by Gasteiger charge is 2.19. The molecule has 1 aromatic rings. The van der Waals surface area contributed by atoms with Crippen LogP contribution in [0.5, 0.6) is 11.5 Å². The van der Waals surface area contributed by atoms with Gasteiger partial charge in [0.15, 0.2) is 0 Å². The first-order valence-electron chi connectivity index (χ1n) is 7.82. The van der Waals surface area contributed by atoms with E-state index in [2.05, 4.69) is 5.32 Å². The molecule has 1 unspecified atom stereocenters. The molecule has 122 valence electrons. The number of ether oxygens (including phenoxy) is 3. The van der Waals surface area contributed by atoms with E-state index in [9.17, 15) is 4.79 Å². The van der Waals surface area contributed by atoms with Gasteiger partial charge in [0.1, 0.15) is 17.6 Å². The van der Waals surface area contributed by atoms with Gasteiger partial charge in [0.25, 0.3) is 0 Å². The van der Waals surface area contributed by atoms with Crippen LogP contribution in [0, 0.1) is 0 Å². The topological polar surface area (TPSA) is 56.8 Å². The lowest BCUT2D eigenvalue weighted by Crippen LogP contribution is -2.36. The Balaban J connectivity index is 1.95. The van der Waals surface area contributed by atoms with E-state index < -0.39 is 0 Å². The maximum Gasteiger partial charge on any atom is 0.407 e. The molecule has 5 heteroatoms. The summed E-state index contributed by atoms with van der Waals surface area (Å²) < 4.78 is 16.0. The van der Waals surface area contributed by atoms with Gasteiger partial charge in [-0.25, -0.2) is 4.79 Å². The van der Waals surface area contributed by atoms with Crippen molar-refractivity contribution in [1.29, 1.82) is 0 Å². The van der Waals surface area contributed by atoms with Crippen LogP contribution in [0.1, 0.15) is 50.7 Å². The first-order chi connectivity index (χ1) is 10.6. The van der Waals surface area contributed by atoms with E-state index in [1.165, 1.54) is 19.3 Å². The molecule has 5 nitrogen and oxygen atoms in total. The number of alkyl carbamates (subject to hydrolysis) is 1. The minimum absolute atomic E-state index is 0.244. The van der Waals surface area contributed by atoms with Crippen molar-refractivity contribution in [2.75, 3.05) is 14.2 Å². The van der Waals surface area contributed by atoms with Crippen LogP contribution in [-0.2, 0) is 4.74 Å². The molecule has 1 aliphatic carbocycles. The van der Waals surface area contributed by atoms with Crippen molar-refractivity contribution < 1.29 is 19.0 Å². The second-order valence-electron chi connectivity index (χ2n) is 5.67. The van der Waals surface area contributed by atoms with Crippen molar-refractivity contribution in [3.8, 4) is 11.5 Å². The Morgan fingerprint density at radius 3 is 2.23 bits per heavy atom. The summed E-state index contributed by atoms with van der Waals surface area (Å²) >= 11 is 0. The molecule has 1 aliphatic rings. The van der Waals surface area contributed by atoms with Gasteiger partial charge in [0.05, 0.1) is 14.2 Å². The van der Waals surface area contributed by atoms with Gasteiger partial charge < -0.3 is 19.5 Å². The van der Waals surface area contributed by atoms with Crippen molar-refractivity contribution >= 4 is 6.09 Å². The predicted molar refractivity (Wildman–Crippen MR) is 84.5 cm³/mol. The summed E-state index contributed by atoms with van der Waals surface area (Å²) in [6.45, 7) is 1.84. The fourth-order valence-electron chi connectivity index (χ4n) is 2.74. The minimum Gasteiger partial charge on any atom is -0.497 e. The van der Waals surface area contributed by atoms with Gasteiger partial charge in [-0.3, -0.25) is 0 Å². The van der Waals surface area contributed by atoms with E-state index in [1.54, 1.807) is 20.3 Å². The van der Waals surface area contributed by atoms with Crippen LogP contribution in [0.4, 0.5) is 4.79 Å². The third-order valence-corrected chi connectivity index (χ3v) is 4.05. The molecule has 0 spiro atoms. The summed E-state index contributed by atoms with van der Waals surface area (Å²) in [5, 5.41) is 2.95. The Bertz CT molecular complexity index is 475. The average Bonchev–Trinajstić information content (AvgIpc) is 2.55. The number of hydrogen-bond donors (Lipinski definition) is 1. The quantitative estimate of drug-likeness (QED) is 0.898. The van der Waals surface area contributed by atoms with E-state index in [0.29, 0.717) is 11.5 Å². The molecule has 22 heavy (non-hydrogen) atoms. The third kappa shape index (κ3) is 4.55. The van der Waals surface area contributed by atoms with Gasteiger partial charge in [0, 0.05) is 12.1 Å². The number of carbonyl (C=O) groups is 1. The van der Waals surface area contributed by atoms with Crippen LogP contribution in [0.25, 0.3) is 0 Å². The predicted octanol–water partition coefficient (Wildman–Crippen LogP) is 3.82. The van der Waals surface area contributed by atoms with Gasteiger partial charge in [-0.05, 0) is 37.5 Å². The molecule has 0 bridgehead atoms. The van der Waals surface area contributed by atoms with Crippen LogP contribution in [-0.4, -0.2) is 26.4 Å². The summed E-state index contributed by atoms with van der Waals surface area (Å²) in [6.07, 6.45) is 4.95. The highest BCUT2D eigenvalue weighted by molar-refractivity contribution is 5.68.